The Morgan fingerprint density at radius 3 is 2.41 bits per heavy atom. The van der Waals surface area contributed by atoms with E-state index in [0.29, 0.717) is 23.8 Å². The molecule has 0 atom stereocenters. The second-order valence-electron chi connectivity index (χ2n) is 5.76. The molecule has 2 aromatic rings. The summed E-state index contributed by atoms with van der Waals surface area (Å²) in [4.78, 5) is 13.6. The van der Waals surface area contributed by atoms with Crippen LogP contribution in [0.4, 0.5) is 5.69 Å². The van der Waals surface area contributed by atoms with Crippen molar-refractivity contribution in [3.05, 3.63) is 53.6 Å². The quantitative estimate of drug-likeness (QED) is 0.573. The molecule has 144 valence electrons. The summed E-state index contributed by atoms with van der Waals surface area (Å²) in [6.07, 6.45) is 0. The highest BCUT2D eigenvalue weighted by atomic mass is 32.1. The molecule has 0 spiro atoms. The van der Waals surface area contributed by atoms with Gasteiger partial charge in [0.1, 0.15) is 11.5 Å². The smallest absolute Gasteiger partial charge is 0.338 e. The van der Waals surface area contributed by atoms with Crippen LogP contribution in [0.1, 0.15) is 22.8 Å². The van der Waals surface area contributed by atoms with Crippen molar-refractivity contribution < 1.29 is 19.0 Å². The Balaban J connectivity index is 2.00. The molecule has 6 nitrogen and oxygen atoms in total. The van der Waals surface area contributed by atoms with Crippen LogP contribution in [-0.4, -0.2) is 43.9 Å². The van der Waals surface area contributed by atoms with Crippen molar-refractivity contribution in [2.75, 3.05) is 33.2 Å². The van der Waals surface area contributed by atoms with Gasteiger partial charge in [-0.05, 0) is 55.5 Å². The van der Waals surface area contributed by atoms with E-state index in [1.165, 1.54) is 0 Å². The number of carbonyl (C=O) groups excluding carboxylic acids is 1. The number of nitrogens with zero attached hydrogens (tertiary/aromatic N) is 1. The lowest BCUT2D eigenvalue weighted by Gasteiger charge is -2.22. The number of anilines is 1. The minimum atomic E-state index is -0.338. The first-order valence-electron chi connectivity index (χ1n) is 8.48. The van der Waals surface area contributed by atoms with Gasteiger partial charge in [0.05, 0.1) is 26.4 Å². The van der Waals surface area contributed by atoms with Crippen LogP contribution < -0.4 is 14.8 Å². The average molecular weight is 388 g/mol. The summed E-state index contributed by atoms with van der Waals surface area (Å²) in [5, 5.41) is 3.71. The molecule has 0 amide bonds. The Kier molecular flexibility index (Phi) is 7.43. The first-order chi connectivity index (χ1) is 13.0. The molecule has 0 saturated carbocycles. The zero-order valence-corrected chi connectivity index (χ0v) is 16.8. The summed E-state index contributed by atoms with van der Waals surface area (Å²) in [6.45, 7) is 2.70. The van der Waals surface area contributed by atoms with Gasteiger partial charge in [0.2, 0.25) is 0 Å². The molecular weight excluding hydrogens is 364 g/mol. The number of nitrogens with one attached hydrogen (secondary N) is 1. The topological polar surface area (TPSA) is 60.0 Å². The fraction of sp³-hybridized carbons (Fsp3) is 0.300. The van der Waals surface area contributed by atoms with Gasteiger partial charge in [-0.1, -0.05) is 0 Å². The van der Waals surface area contributed by atoms with E-state index in [1.807, 2.05) is 30.1 Å². The molecule has 0 aliphatic heterocycles. The van der Waals surface area contributed by atoms with E-state index in [0.717, 1.165) is 22.7 Å². The van der Waals surface area contributed by atoms with E-state index in [9.17, 15) is 4.79 Å². The first kappa shape index (κ1) is 20.5. The lowest BCUT2D eigenvalue weighted by atomic mass is 10.2. The van der Waals surface area contributed by atoms with Crippen molar-refractivity contribution in [3.8, 4) is 11.5 Å². The molecular formula is C20H24N2O4S. The molecule has 0 bridgehead atoms. The lowest BCUT2D eigenvalue weighted by Crippen LogP contribution is -2.30. The van der Waals surface area contributed by atoms with Gasteiger partial charge in [-0.15, -0.1) is 0 Å². The monoisotopic (exact) mass is 388 g/mol. The molecule has 0 unspecified atom stereocenters. The molecule has 2 rings (SSSR count). The Bertz CT molecular complexity index is 793. The number of methoxy groups -OCH3 is 2. The number of hydrogen-bond donors (Lipinski definition) is 1. The minimum Gasteiger partial charge on any atom is -0.497 e. The molecule has 0 saturated heterocycles. The highest BCUT2D eigenvalue weighted by Crippen LogP contribution is 2.25. The third kappa shape index (κ3) is 5.59. The van der Waals surface area contributed by atoms with Crippen LogP contribution >= 0.6 is 12.2 Å². The van der Waals surface area contributed by atoms with Crippen LogP contribution in [0.5, 0.6) is 11.5 Å². The minimum absolute atomic E-state index is 0.338. The zero-order valence-electron chi connectivity index (χ0n) is 15.9. The van der Waals surface area contributed by atoms with Gasteiger partial charge in [0.25, 0.3) is 0 Å². The summed E-state index contributed by atoms with van der Waals surface area (Å²) < 4.78 is 15.6. The van der Waals surface area contributed by atoms with Gasteiger partial charge in [-0.3, -0.25) is 0 Å². The van der Waals surface area contributed by atoms with Crippen molar-refractivity contribution in [2.24, 2.45) is 0 Å². The SMILES string of the molecule is CCOC(=O)c1ccc(NC(=S)N(C)Cc2ccc(OC)cc2OC)cc1. The van der Waals surface area contributed by atoms with Gasteiger partial charge < -0.3 is 24.4 Å². The standard InChI is InChI=1S/C20H24N2O4S/c1-5-26-19(23)14-6-9-16(10-7-14)21-20(27)22(2)13-15-8-11-17(24-3)12-18(15)25-4/h6-12H,5,13H2,1-4H3,(H,21,27). The number of ether oxygens (including phenoxy) is 3. The maximum Gasteiger partial charge on any atom is 0.338 e. The molecule has 0 aliphatic rings. The molecule has 27 heavy (non-hydrogen) atoms. The van der Waals surface area contributed by atoms with Crippen molar-refractivity contribution in [2.45, 2.75) is 13.5 Å². The Labute approximate surface area is 165 Å². The Hall–Kier alpha value is -2.80. The zero-order chi connectivity index (χ0) is 19.8. The third-order valence-electron chi connectivity index (χ3n) is 3.90. The molecule has 0 radical (unpaired) electrons. The normalized spacial score (nSPS) is 10.1. The summed E-state index contributed by atoms with van der Waals surface area (Å²) in [6, 6.07) is 12.7. The van der Waals surface area contributed by atoms with E-state index >= 15 is 0 Å². The van der Waals surface area contributed by atoms with Crippen molar-refractivity contribution >= 4 is 29.0 Å². The largest absolute Gasteiger partial charge is 0.497 e. The molecule has 2 aromatic carbocycles. The fourth-order valence-corrected chi connectivity index (χ4v) is 2.62. The average Bonchev–Trinajstić information content (AvgIpc) is 2.68. The number of hydrogen-bond acceptors (Lipinski definition) is 5. The molecule has 1 N–H and O–H groups in total. The van der Waals surface area contributed by atoms with Gasteiger partial charge in [-0.25, -0.2) is 4.79 Å². The van der Waals surface area contributed by atoms with Crippen LogP contribution in [0, 0.1) is 0 Å². The molecule has 0 fully saturated rings. The van der Waals surface area contributed by atoms with E-state index in [4.69, 9.17) is 26.4 Å². The van der Waals surface area contributed by atoms with Crippen molar-refractivity contribution in [3.63, 3.8) is 0 Å². The Morgan fingerprint density at radius 2 is 1.81 bits per heavy atom. The van der Waals surface area contributed by atoms with Crippen LogP contribution in [-0.2, 0) is 11.3 Å². The number of esters is 1. The number of benzene rings is 2. The third-order valence-corrected chi connectivity index (χ3v) is 4.31. The summed E-state index contributed by atoms with van der Waals surface area (Å²) in [7, 11) is 5.14. The van der Waals surface area contributed by atoms with E-state index < -0.39 is 0 Å². The van der Waals surface area contributed by atoms with Gasteiger partial charge >= 0.3 is 5.97 Å². The number of thiocarbonyl (C=S) groups is 1. The maximum absolute atomic E-state index is 11.7. The number of carbonyl (C=O) groups is 1. The van der Waals surface area contributed by atoms with Crippen LogP contribution in [0.3, 0.4) is 0 Å². The van der Waals surface area contributed by atoms with Crippen molar-refractivity contribution in [1.29, 1.82) is 0 Å². The predicted molar refractivity (Wildman–Crippen MR) is 110 cm³/mol. The van der Waals surface area contributed by atoms with Crippen LogP contribution in [0.25, 0.3) is 0 Å². The second kappa shape index (κ2) is 9.78. The van der Waals surface area contributed by atoms with Gasteiger partial charge in [-0.2, -0.15) is 0 Å². The first-order valence-corrected chi connectivity index (χ1v) is 8.89. The fourth-order valence-electron chi connectivity index (χ4n) is 2.43. The highest BCUT2D eigenvalue weighted by Gasteiger charge is 2.11. The second-order valence-corrected chi connectivity index (χ2v) is 6.15. The van der Waals surface area contributed by atoms with Crippen LogP contribution in [0.15, 0.2) is 42.5 Å². The molecule has 0 aliphatic carbocycles. The predicted octanol–water partition coefficient (Wildman–Crippen LogP) is 3.71. The molecule has 0 aromatic heterocycles. The van der Waals surface area contributed by atoms with Crippen LogP contribution in [0.2, 0.25) is 0 Å². The van der Waals surface area contributed by atoms with E-state index in [-0.39, 0.29) is 5.97 Å². The number of rotatable bonds is 7. The van der Waals surface area contributed by atoms with Gasteiger partial charge in [0, 0.05) is 30.9 Å². The van der Waals surface area contributed by atoms with E-state index in [1.54, 1.807) is 45.4 Å². The highest BCUT2D eigenvalue weighted by molar-refractivity contribution is 7.80. The lowest BCUT2D eigenvalue weighted by molar-refractivity contribution is 0.0526. The van der Waals surface area contributed by atoms with E-state index in [2.05, 4.69) is 5.32 Å². The molecule has 7 heteroatoms. The molecule has 0 heterocycles. The van der Waals surface area contributed by atoms with Gasteiger partial charge in [0.15, 0.2) is 5.11 Å². The van der Waals surface area contributed by atoms with Crippen molar-refractivity contribution in [1.82, 2.24) is 4.90 Å². The summed E-state index contributed by atoms with van der Waals surface area (Å²) in [5.41, 5.74) is 2.29. The summed E-state index contributed by atoms with van der Waals surface area (Å²) in [5.74, 6) is 1.14. The summed E-state index contributed by atoms with van der Waals surface area (Å²) >= 11 is 5.47. The maximum atomic E-state index is 11.7. The Morgan fingerprint density at radius 1 is 1.11 bits per heavy atom.